The molecule has 0 radical (unpaired) electrons. The number of nitrogens with zero attached hydrogens (tertiary/aromatic N) is 1. The summed E-state index contributed by atoms with van der Waals surface area (Å²) in [5, 5.41) is 3.50. The van der Waals surface area contributed by atoms with Gasteiger partial charge in [-0.2, -0.15) is 0 Å². The van der Waals surface area contributed by atoms with Crippen molar-refractivity contribution in [1.82, 2.24) is 10.3 Å². The molecule has 1 aromatic heterocycles. The van der Waals surface area contributed by atoms with Crippen LogP contribution in [0, 0.1) is 0 Å². The molecule has 0 aliphatic rings. The fourth-order valence-electron chi connectivity index (χ4n) is 1.61. The van der Waals surface area contributed by atoms with Crippen molar-refractivity contribution < 1.29 is 14.3 Å². The van der Waals surface area contributed by atoms with Gasteiger partial charge in [0.05, 0.1) is 5.56 Å². The van der Waals surface area contributed by atoms with Gasteiger partial charge in [0.25, 0.3) is 5.91 Å². The standard InChI is InChI=1S/C15H12Cl2N2O3/c16-12-3-1-2-10(6-12)7-19-14(20)9-22-15(21)11-4-5-13(17)18-8-11/h1-6,8H,7,9H2,(H,19,20). The van der Waals surface area contributed by atoms with Gasteiger partial charge in [0.15, 0.2) is 6.61 Å². The summed E-state index contributed by atoms with van der Waals surface area (Å²) < 4.78 is 4.88. The van der Waals surface area contributed by atoms with E-state index in [0.717, 1.165) is 5.56 Å². The highest BCUT2D eigenvalue weighted by Gasteiger charge is 2.10. The Morgan fingerprint density at radius 1 is 1.18 bits per heavy atom. The van der Waals surface area contributed by atoms with E-state index in [2.05, 4.69) is 10.3 Å². The van der Waals surface area contributed by atoms with Crippen molar-refractivity contribution in [3.8, 4) is 0 Å². The minimum atomic E-state index is -0.637. The Labute approximate surface area is 137 Å². The molecule has 0 saturated heterocycles. The van der Waals surface area contributed by atoms with Crippen molar-refractivity contribution in [3.05, 3.63) is 63.9 Å². The summed E-state index contributed by atoms with van der Waals surface area (Å²) in [4.78, 5) is 27.1. The first-order valence-corrected chi connectivity index (χ1v) is 7.10. The highest BCUT2D eigenvalue weighted by molar-refractivity contribution is 6.30. The summed E-state index contributed by atoms with van der Waals surface area (Å²) in [6, 6.07) is 10.1. The lowest BCUT2D eigenvalue weighted by molar-refractivity contribution is -0.124. The third kappa shape index (κ3) is 5.02. The molecule has 22 heavy (non-hydrogen) atoms. The zero-order valence-electron chi connectivity index (χ0n) is 11.4. The number of benzene rings is 1. The lowest BCUT2D eigenvalue weighted by Crippen LogP contribution is -2.28. The van der Waals surface area contributed by atoms with Crippen LogP contribution in [0.5, 0.6) is 0 Å². The first kappa shape index (κ1) is 16.3. The summed E-state index contributed by atoms with van der Waals surface area (Å²) in [6.07, 6.45) is 1.29. The van der Waals surface area contributed by atoms with Crippen molar-refractivity contribution in [2.75, 3.05) is 6.61 Å². The maximum absolute atomic E-state index is 11.7. The van der Waals surface area contributed by atoms with Crippen LogP contribution < -0.4 is 5.32 Å². The number of ether oxygens (including phenoxy) is 1. The minimum Gasteiger partial charge on any atom is -0.452 e. The topological polar surface area (TPSA) is 68.3 Å². The van der Waals surface area contributed by atoms with Crippen LogP contribution in [0.15, 0.2) is 42.6 Å². The molecule has 0 bridgehead atoms. The van der Waals surface area contributed by atoms with Crippen LogP contribution in [0.1, 0.15) is 15.9 Å². The molecule has 0 aliphatic heterocycles. The monoisotopic (exact) mass is 338 g/mol. The number of halogens is 2. The van der Waals surface area contributed by atoms with Crippen molar-refractivity contribution in [2.24, 2.45) is 0 Å². The average Bonchev–Trinajstić information content (AvgIpc) is 2.51. The van der Waals surface area contributed by atoms with Gasteiger partial charge in [-0.05, 0) is 29.8 Å². The van der Waals surface area contributed by atoms with Crippen molar-refractivity contribution >= 4 is 35.1 Å². The molecule has 114 valence electrons. The van der Waals surface area contributed by atoms with E-state index in [1.54, 1.807) is 18.2 Å². The molecule has 1 N–H and O–H groups in total. The number of nitrogens with one attached hydrogen (secondary N) is 1. The lowest BCUT2D eigenvalue weighted by Gasteiger charge is -2.07. The SMILES string of the molecule is O=C(COC(=O)c1ccc(Cl)nc1)NCc1cccc(Cl)c1. The van der Waals surface area contributed by atoms with Crippen LogP contribution in [0.2, 0.25) is 10.2 Å². The number of rotatable bonds is 5. The number of amides is 1. The maximum Gasteiger partial charge on any atom is 0.340 e. The smallest absolute Gasteiger partial charge is 0.340 e. The minimum absolute atomic E-state index is 0.229. The second-order valence-electron chi connectivity index (χ2n) is 4.35. The molecule has 0 unspecified atom stereocenters. The third-order valence-corrected chi connectivity index (χ3v) is 3.13. The molecule has 5 nitrogen and oxygen atoms in total. The van der Waals surface area contributed by atoms with Gasteiger partial charge in [-0.1, -0.05) is 35.3 Å². The fraction of sp³-hybridized carbons (Fsp3) is 0.133. The van der Waals surface area contributed by atoms with Crippen LogP contribution in [-0.4, -0.2) is 23.5 Å². The number of esters is 1. The summed E-state index contributed by atoms with van der Waals surface area (Å²) in [5.74, 6) is -1.04. The van der Waals surface area contributed by atoms with Crippen molar-refractivity contribution in [1.29, 1.82) is 0 Å². The van der Waals surface area contributed by atoms with E-state index in [4.69, 9.17) is 27.9 Å². The molecule has 2 rings (SSSR count). The first-order chi connectivity index (χ1) is 10.5. The zero-order chi connectivity index (χ0) is 15.9. The van der Waals surface area contributed by atoms with Crippen LogP contribution >= 0.6 is 23.2 Å². The molecule has 1 amide bonds. The Kier molecular flexibility index (Phi) is 5.75. The summed E-state index contributed by atoms with van der Waals surface area (Å²) in [5.41, 5.74) is 1.08. The third-order valence-electron chi connectivity index (χ3n) is 2.68. The molecule has 0 saturated carbocycles. The largest absolute Gasteiger partial charge is 0.452 e. The Bertz CT molecular complexity index is 675. The molecule has 0 atom stereocenters. The molecular weight excluding hydrogens is 327 g/mol. The number of carbonyl (C=O) groups excluding carboxylic acids is 2. The maximum atomic E-state index is 11.7. The van der Waals surface area contributed by atoms with E-state index in [-0.39, 0.29) is 17.3 Å². The highest BCUT2D eigenvalue weighted by Crippen LogP contribution is 2.10. The number of hydrogen-bond donors (Lipinski definition) is 1. The molecule has 2 aromatic rings. The lowest BCUT2D eigenvalue weighted by atomic mass is 10.2. The predicted molar refractivity (Wildman–Crippen MR) is 82.8 cm³/mol. The molecule has 0 aliphatic carbocycles. The Morgan fingerprint density at radius 3 is 2.68 bits per heavy atom. The fourth-order valence-corrected chi connectivity index (χ4v) is 1.93. The molecule has 0 fully saturated rings. The predicted octanol–water partition coefficient (Wildman–Crippen LogP) is 2.86. The molecule has 0 spiro atoms. The van der Waals surface area contributed by atoms with Crippen molar-refractivity contribution in [3.63, 3.8) is 0 Å². The first-order valence-electron chi connectivity index (χ1n) is 6.34. The van der Waals surface area contributed by atoms with Crippen molar-refractivity contribution in [2.45, 2.75) is 6.54 Å². The van der Waals surface area contributed by atoms with Crippen LogP contribution in [0.25, 0.3) is 0 Å². The van der Waals surface area contributed by atoms with E-state index < -0.39 is 11.9 Å². The molecular formula is C15H12Cl2N2O3. The van der Waals surface area contributed by atoms with Gasteiger partial charge in [-0.25, -0.2) is 9.78 Å². The highest BCUT2D eigenvalue weighted by atomic mass is 35.5. The van der Waals surface area contributed by atoms with E-state index in [1.165, 1.54) is 18.3 Å². The second kappa shape index (κ2) is 7.77. The van der Waals surface area contributed by atoms with Gasteiger partial charge in [-0.15, -0.1) is 0 Å². The normalized spacial score (nSPS) is 10.1. The van der Waals surface area contributed by atoms with Gasteiger partial charge in [0.2, 0.25) is 0 Å². The number of carbonyl (C=O) groups is 2. The van der Waals surface area contributed by atoms with Gasteiger partial charge < -0.3 is 10.1 Å². The van der Waals surface area contributed by atoms with Crippen LogP contribution in [-0.2, 0) is 16.1 Å². The van der Waals surface area contributed by atoms with E-state index >= 15 is 0 Å². The molecule has 1 heterocycles. The van der Waals surface area contributed by atoms with E-state index in [9.17, 15) is 9.59 Å². The zero-order valence-corrected chi connectivity index (χ0v) is 12.9. The Morgan fingerprint density at radius 2 is 2.00 bits per heavy atom. The number of pyridine rings is 1. The quantitative estimate of drug-likeness (QED) is 0.672. The number of hydrogen-bond acceptors (Lipinski definition) is 4. The van der Waals surface area contributed by atoms with Crippen LogP contribution in [0.3, 0.4) is 0 Å². The summed E-state index contributed by atoms with van der Waals surface area (Å²) in [6.45, 7) is -0.0680. The molecule has 7 heteroatoms. The average molecular weight is 339 g/mol. The molecule has 1 aromatic carbocycles. The van der Waals surface area contributed by atoms with E-state index in [1.807, 2.05) is 6.07 Å². The number of aromatic nitrogens is 1. The van der Waals surface area contributed by atoms with E-state index in [0.29, 0.717) is 11.6 Å². The Balaban J connectivity index is 1.78. The Hall–Kier alpha value is -2.11. The van der Waals surface area contributed by atoms with Gasteiger partial charge in [-0.3, -0.25) is 4.79 Å². The summed E-state index contributed by atoms with van der Waals surface area (Å²) in [7, 11) is 0. The second-order valence-corrected chi connectivity index (χ2v) is 5.18. The van der Waals surface area contributed by atoms with Crippen LogP contribution in [0.4, 0.5) is 0 Å². The van der Waals surface area contributed by atoms with Gasteiger partial charge >= 0.3 is 5.97 Å². The van der Waals surface area contributed by atoms with Gasteiger partial charge in [0.1, 0.15) is 5.15 Å². The summed E-state index contributed by atoms with van der Waals surface area (Å²) >= 11 is 11.5. The van der Waals surface area contributed by atoms with Gasteiger partial charge in [0, 0.05) is 17.8 Å².